The molecule has 0 atom stereocenters. The number of imidazole rings is 1. The van der Waals surface area contributed by atoms with E-state index in [-0.39, 0.29) is 0 Å². The van der Waals surface area contributed by atoms with Crippen LogP contribution in [0.5, 0.6) is 5.75 Å². The lowest BCUT2D eigenvalue weighted by molar-refractivity contribution is 0.0984. The van der Waals surface area contributed by atoms with Crippen LogP contribution >= 0.6 is 27.3 Å². The van der Waals surface area contributed by atoms with E-state index in [1.54, 1.807) is 0 Å². The molecule has 96 valence electrons. The Kier molecular flexibility index (Phi) is 2.15. The first-order valence-electron chi connectivity index (χ1n) is 5.90. The number of benzene rings is 1. The molecular weight excluding hydrogens is 326 g/mol. The second-order valence-electron chi connectivity index (χ2n) is 4.97. The van der Waals surface area contributed by atoms with Gasteiger partial charge in [-0.25, -0.2) is 9.50 Å². The van der Waals surface area contributed by atoms with Crippen molar-refractivity contribution < 1.29 is 4.74 Å². The molecule has 0 amide bonds. The van der Waals surface area contributed by atoms with Gasteiger partial charge in [-0.1, -0.05) is 23.5 Å². The van der Waals surface area contributed by atoms with Crippen LogP contribution in [0.15, 0.2) is 28.2 Å². The fraction of sp³-hybridized carbons (Fsp3) is 0.231. The van der Waals surface area contributed by atoms with E-state index in [0.717, 1.165) is 31.6 Å². The molecule has 6 heteroatoms. The molecule has 3 aromatic rings. The maximum Gasteiger partial charge on any atom is 0.213 e. The minimum Gasteiger partial charge on any atom is -0.481 e. The number of halogens is 1. The smallest absolute Gasteiger partial charge is 0.213 e. The van der Waals surface area contributed by atoms with Gasteiger partial charge in [-0.2, -0.15) is 0 Å². The highest BCUT2D eigenvalue weighted by molar-refractivity contribution is 9.11. The quantitative estimate of drug-likeness (QED) is 0.626. The van der Waals surface area contributed by atoms with Crippen molar-refractivity contribution in [2.75, 3.05) is 0 Å². The molecule has 0 saturated heterocycles. The standard InChI is InChI=1S/C13H10BrN3OS/c1-13(2)10-9(7-5-3-4-6-8(7)18-13)15-12-17(10)16-11(14)19-12/h3-6H,1-2H3. The molecule has 0 N–H and O–H groups in total. The van der Waals surface area contributed by atoms with Gasteiger partial charge in [0.2, 0.25) is 4.96 Å². The third-order valence-corrected chi connectivity index (χ3v) is 4.60. The van der Waals surface area contributed by atoms with Gasteiger partial charge < -0.3 is 4.74 Å². The van der Waals surface area contributed by atoms with Crippen molar-refractivity contribution in [1.29, 1.82) is 0 Å². The van der Waals surface area contributed by atoms with Crippen LogP contribution in [-0.4, -0.2) is 14.6 Å². The van der Waals surface area contributed by atoms with E-state index in [0.29, 0.717) is 0 Å². The minimum absolute atomic E-state index is 0.448. The van der Waals surface area contributed by atoms with E-state index < -0.39 is 5.60 Å². The lowest BCUT2D eigenvalue weighted by atomic mass is 9.95. The number of aromatic nitrogens is 3. The fourth-order valence-electron chi connectivity index (χ4n) is 2.53. The van der Waals surface area contributed by atoms with Crippen LogP contribution in [0.1, 0.15) is 19.5 Å². The van der Waals surface area contributed by atoms with Crippen LogP contribution in [0.3, 0.4) is 0 Å². The van der Waals surface area contributed by atoms with Crippen LogP contribution in [0.2, 0.25) is 0 Å². The molecule has 1 aliphatic rings. The van der Waals surface area contributed by atoms with E-state index in [2.05, 4.69) is 21.0 Å². The average Bonchev–Trinajstić information content (AvgIpc) is 2.84. The zero-order valence-corrected chi connectivity index (χ0v) is 12.7. The van der Waals surface area contributed by atoms with Crippen LogP contribution < -0.4 is 4.74 Å². The number of fused-ring (bicyclic) bond motifs is 5. The summed E-state index contributed by atoms with van der Waals surface area (Å²) >= 11 is 4.93. The lowest BCUT2D eigenvalue weighted by Gasteiger charge is -2.31. The highest BCUT2D eigenvalue weighted by Crippen LogP contribution is 2.45. The molecule has 0 unspecified atom stereocenters. The summed E-state index contributed by atoms with van der Waals surface area (Å²) in [4.78, 5) is 5.60. The maximum atomic E-state index is 6.11. The summed E-state index contributed by atoms with van der Waals surface area (Å²) in [5, 5.41) is 4.46. The van der Waals surface area contributed by atoms with Gasteiger partial charge in [0, 0.05) is 5.56 Å². The molecule has 1 aliphatic heterocycles. The summed E-state index contributed by atoms with van der Waals surface area (Å²) in [6, 6.07) is 8.00. The van der Waals surface area contributed by atoms with Crippen molar-refractivity contribution in [2.45, 2.75) is 19.4 Å². The van der Waals surface area contributed by atoms with E-state index >= 15 is 0 Å². The third kappa shape index (κ3) is 1.50. The van der Waals surface area contributed by atoms with Crippen LogP contribution in [-0.2, 0) is 5.60 Å². The summed E-state index contributed by atoms with van der Waals surface area (Å²) in [7, 11) is 0. The van der Waals surface area contributed by atoms with Gasteiger partial charge in [0.15, 0.2) is 3.92 Å². The minimum atomic E-state index is -0.448. The molecule has 2 aromatic heterocycles. The van der Waals surface area contributed by atoms with Gasteiger partial charge in [-0.3, -0.25) is 0 Å². The predicted octanol–water partition coefficient (Wildman–Crippen LogP) is 3.85. The monoisotopic (exact) mass is 335 g/mol. The zero-order valence-electron chi connectivity index (χ0n) is 10.3. The Morgan fingerprint density at radius 1 is 1.32 bits per heavy atom. The summed E-state index contributed by atoms with van der Waals surface area (Å²) in [6.07, 6.45) is 0. The Labute approximate surface area is 122 Å². The Balaban J connectivity index is 2.13. The summed E-state index contributed by atoms with van der Waals surface area (Å²) in [6.45, 7) is 4.09. The van der Waals surface area contributed by atoms with Crippen molar-refractivity contribution in [3.8, 4) is 17.0 Å². The van der Waals surface area contributed by atoms with Crippen LogP contribution in [0, 0.1) is 0 Å². The predicted molar refractivity (Wildman–Crippen MR) is 77.7 cm³/mol. The molecule has 1 aromatic carbocycles. The highest BCUT2D eigenvalue weighted by atomic mass is 79.9. The molecule has 0 bridgehead atoms. The summed E-state index contributed by atoms with van der Waals surface area (Å²) in [5.74, 6) is 0.879. The Bertz CT molecular complexity index is 805. The number of ether oxygens (including phenoxy) is 1. The maximum absolute atomic E-state index is 6.11. The summed E-state index contributed by atoms with van der Waals surface area (Å²) in [5.41, 5.74) is 2.56. The van der Waals surface area contributed by atoms with Crippen LogP contribution in [0.25, 0.3) is 16.2 Å². The van der Waals surface area contributed by atoms with Crippen LogP contribution in [0.4, 0.5) is 0 Å². The van der Waals surface area contributed by atoms with Gasteiger partial charge in [0.05, 0.1) is 0 Å². The number of rotatable bonds is 0. The first-order valence-corrected chi connectivity index (χ1v) is 7.51. The third-order valence-electron chi connectivity index (χ3n) is 3.26. The van der Waals surface area contributed by atoms with Crippen molar-refractivity contribution in [3.63, 3.8) is 0 Å². The first kappa shape index (κ1) is 11.4. The number of hydrogen-bond acceptors (Lipinski definition) is 4. The van der Waals surface area contributed by atoms with Gasteiger partial charge in [0.1, 0.15) is 22.7 Å². The van der Waals surface area contributed by atoms with Gasteiger partial charge >= 0.3 is 0 Å². The van der Waals surface area contributed by atoms with Gasteiger partial charge in [0.25, 0.3) is 0 Å². The number of nitrogens with zero attached hydrogens (tertiary/aromatic N) is 3. The normalized spacial score (nSPS) is 15.9. The second kappa shape index (κ2) is 3.58. The van der Waals surface area contributed by atoms with Crippen molar-refractivity contribution in [3.05, 3.63) is 33.9 Å². The van der Waals surface area contributed by atoms with E-state index in [1.807, 2.05) is 42.6 Å². The molecule has 4 rings (SSSR count). The summed E-state index contributed by atoms with van der Waals surface area (Å²) < 4.78 is 8.81. The Morgan fingerprint density at radius 2 is 2.11 bits per heavy atom. The molecule has 3 heterocycles. The van der Waals surface area contributed by atoms with E-state index in [4.69, 9.17) is 9.72 Å². The Morgan fingerprint density at radius 3 is 2.95 bits per heavy atom. The second-order valence-corrected chi connectivity index (χ2v) is 7.20. The van der Waals surface area contributed by atoms with Crippen molar-refractivity contribution >= 4 is 32.2 Å². The molecule has 0 saturated carbocycles. The molecule has 0 aliphatic carbocycles. The van der Waals surface area contributed by atoms with E-state index in [9.17, 15) is 0 Å². The number of hydrogen-bond donors (Lipinski definition) is 0. The molecule has 0 fully saturated rings. The van der Waals surface area contributed by atoms with Crippen molar-refractivity contribution in [1.82, 2.24) is 14.6 Å². The lowest BCUT2D eigenvalue weighted by Crippen LogP contribution is -2.30. The van der Waals surface area contributed by atoms with Gasteiger partial charge in [-0.15, -0.1) is 5.10 Å². The first-order chi connectivity index (χ1) is 9.06. The van der Waals surface area contributed by atoms with E-state index in [1.165, 1.54) is 11.3 Å². The zero-order chi connectivity index (χ0) is 13.2. The average molecular weight is 336 g/mol. The topological polar surface area (TPSA) is 39.4 Å². The molecule has 4 nitrogen and oxygen atoms in total. The highest BCUT2D eigenvalue weighted by Gasteiger charge is 2.38. The molecule has 0 spiro atoms. The SMILES string of the molecule is CC1(C)Oc2ccccc2-c2nc3sc(Br)nn3c21. The Hall–Kier alpha value is -1.40. The van der Waals surface area contributed by atoms with Gasteiger partial charge in [-0.05, 0) is 41.9 Å². The molecular formula is C13H10BrN3OS. The number of para-hydroxylation sites is 1. The molecule has 0 radical (unpaired) electrons. The largest absolute Gasteiger partial charge is 0.481 e. The van der Waals surface area contributed by atoms with Crippen molar-refractivity contribution in [2.24, 2.45) is 0 Å². The fourth-order valence-corrected chi connectivity index (χ4v) is 3.75. The molecule has 19 heavy (non-hydrogen) atoms.